The smallest absolute Gasteiger partial charge is 0.416 e. The van der Waals surface area contributed by atoms with Gasteiger partial charge in [0.1, 0.15) is 5.75 Å². The molecule has 0 aliphatic heterocycles. The number of rotatable bonds is 3. The van der Waals surface area contributed by atoms with Crippen molar-refractivity contribution >= 4 is 21.9 Å². The minimum Gasteiger partial charge on any atom is -0.481 e. The Labute approximate surface area is 97.0 Å². The maximum absolute atomic E-state index is 12.3. The Hall–Kier alpha value is -1.24. The van der Waals surface area contributed by atoms with Gasteiger partial charge in [-0.2, -0.15) is 13.2 Å². The molecule has 0 saturated carbocycles. The van der Waals surface area contributed by atoms with Crippen LogP contribution in [0.25, 0.3) is 0 Å². The van der Waals surface area contributed by atoms with E-state index in [4.69, 9.17) is 9.84 Å². The Morgan fingerprint density at radius 3 is 2.50 bits per heavy atom. The van der Waals surface area contributed by atoms with Crippen molar-refractivity contribution in [2.45, 2.75) is 6.18 Å². The molecule has 0 unspecified atom stereocenters. The quantitative estimate of drug-likeness (QED) is 0.933. The molecular weight excluding hydrogens is 293 g/mol. The van der Waals surface area contributed by atoms with Crippen molar-refractivity contribution < 1.29 is 27.8 Å². The first-order chi connectivity index (χ1) is 7.30. The molecule has 3 nitrogen and oxygen atoms in total. The van der Waals surface area contributed by atoms with E-state index in [2.05, 4.69) is 15.9 Å². The van der Waals surface area contributed by atoms with Gasteiger partial charge >= 0.3 is 12.1 Å². The minimum absolute atomic E-state index is 0.0513. The van der Waals surface area contributed by atoms with E-state index in [0.29, 0.717) is 0 Å². The predicted molar refractivity (Wildman–Crippen MR) is 52.3 cm³/mol. The fraction of sp³-hybridized carbons (Fsp3) is 0.222. The van der Waals surface area contributed by atoms with E-state index in [9.17, 15) is 18.0 Å². The molecule has 7 heteroatoms. The van der Waals surface area contributed by atoms with Crippen LogP contribution < -0.4 is 4.74 Å². The molecular formula is C9H6BrF3O3. The van der Waals surface area contributed by atoms with Crippen molar-refractivity contribution in [1.29, 1.82) is 0 Å². The highest BCUT2D eigenvalue weighted by atomic mass is 79.9. The zero-order valence-electron chi connectivity index (χ0n) is 7.71. The van der Waals surface area contributed by atoms with E-state index in [1.54, 1.807) is 0 Å². The van der Waals surface area contributed by atoms with Crippen LogP contribution in [-0.4, -0.2) is 17.7 Å². The highest BCUT2D eigenvalue weighted by molar-refractivity contribution is 9.10. The molecule has 1 aromatic rings. The molecule has 1 N–H and O–H groups in total. The average molecular weight is 299 g/mol. The molecule has 0 atom stereocenters. The molecule has 0 heterocycles. The van der Waals surface area contributed by atoms with Crippen LogP contribution in [0.3, 0.4) is 0 Å². The molecule has 0 saturated heterocycles. The first-order valence-electron chi connectivity index (χ1n) is 4.02. The molecule has 0 bridgehead atoms. The molecule has 1 rings (SSSR count). The molecule has 0 fully saturated rings. The van der Waals surface area contributed by atoms with E-state index >= 15 is 0 Å². The molecule has 0 radical (unpaired) electrons. The van der Waals surface area contributed by atoms with Gasteiger partial charge in [0.15, 0.2) is 6.61 Å². The Bertz CT molecular complexity index is 403. The third-order valence-corrected chi connectivity index (χ3v) is 2.23. The number of benzene rings is 1. The summed E-state index contributed by atoms with van der Waals surface area (Å²) in [6.45, 7) is -0.607. The predicted octanol–water partition coefficient (Wildman–Crippen LogP) is 2.93. The maximum Gasteiger partial charge on any atom is 0.416 e. The van der Waals surface area contributed by atoms with Gasteiger partial charge < -0.3 is 9.84 Å². The summed E-state index contributed by atoms with van der Waals surface area (Å²) >= 11 is 2.87. The van der Waals surface area contributed by atoms with Crippen molar-refractivity contribution in [1.82, 2.24) is 0 Å². The summed E-state index contributed by atoms with van der Waals surface area (Å²) in [5.74, 6) is -1.15. The number of aliphatic carboxylic acids is 1. The molecule has 0 aliphatic rings. The Morgan fingerprint density at radius 1 is 1.44 bits per heavy atom. The lowest BCUT2D eigenvalue weighted by atomic mass is 10.2. The number of alkyl halides is 3. The second kappa shape index (κ2) is 4.73. The van der Waals surface area contributed by atoms with Gasteiger partial charge in [0.2, 0.25) is 0 Å². The van der Waals surface area contributed by atoms with Crippen molar-refractivity contribution in [3.05, 3.63) is 28.2 Å². The molecule has 0 aromatic heterocycles. The van der Waals surface area contributed by atoms with Crippen molar-refractivity contribution in [3.63, 3.8) is 0 Å². The Balaban J connectivity index is 2.88. The lowest BCUT2D eigenvalue weighted by Gasteiger charge is -2.10. The van der Waals surface area contributed by atoms with E-state index in [-0.39, 0.29) is 10.2 Å². The number of carbonyl (C=O) groups is 1. The SMILES string of the molecule is O=C(O)COc1ccc(C(F)(F)F)cc1Br. The van der Waals surface area contributed by atoms with Crippen LogP contribution in [-0.2, 0) is 11.0 Å². The van der Waals surface area contributed by atoms with E-state index < -0.39 is 24.3 Å². The first-order valence-corrected chi connectivity index (χ1v) is 4.81. The monoisotopic (exact) mass is 298 g/mol. The third-order valence-electron chi connectivity index (χ3n) is 1.61. The van der Waals surface area contributed by atoms with Gasteiger partial charge in [-0.25, -0.2) is 4.79 Å². The summed E-state index contributed by atoms with van der Waals surface area (Å²) in [5, 5.41) is 8.33. The number of ether oxygens (including phenoxy) is 1. The molecule has 1 aromatic carbocycles. The van der Waals surface area contributed by atoms with E-state index in [1.807, 2.05) is 0 Å². The summed E-state index contributed by atoms with van der Waals surface area (Å²) in [6.07, 6.45) is -4.44. The van der Waals surface area contributed by atoms with Crippen LogP contribution >= 0.6 is 15.9 Å². The minimum atomic E-state index is -4.44. The highest BCUT2D eigenvalue weighted by Crippen LogP contribution is 2.34. The third kappa shape index (κ3) is 3.41. The Kier molecular flexibility index (Phi) is 3.79. The largest absolute Gasteiger partial charge is 0.481 e. The second-order valence-corrected chi connectivity index (χ2v) is 3.68. The van der Waals surface area contributed by atoms with Gasteiger partial charge in [-0.05, 0) is 34.1 Å². The van der Waals surface area contributed by atoms with Crippen molar-refractivity contribution in [2.75, 3.05) is 6.61 Å². The van der Waals surface area contributed by atoms with Crippen LogP contribution in [0.2, 0.25) is 0 Å². The van der Waals surface area contributed by atoms with Crippen molar-refractivity contribution in [3.8, 4) is 5.75 Å². The molecule has 88 valence electrons. The molecule has 0 amide bonds. The second-order valence-electron chi connectivity index (χ2n) is 2.83. The van der Waals surface area contributed by atoms with Crippen LogP contribution in [0, 0.1) is 0 Å². The fourth-order valence-electron chi connectivity index (χ4n) is 0.934. The van der Waals surface area contributed by atoms with Gasteiger partial charge in [-0.15, -0.1) is 0 Å². The van der Waals surface area contributed by atoms with Gasteiger partial charge in [0.25, 0.3) is 0 Å². The molecule has 0 aliphatic carbocycles. The summed E-state index contributed by atoms with van der Waals surface area (Å²) < 4.78 is 41.6. The Morgan fingerprint density at radius 2 is 2.06 bits per heavy atom. The van der Waals surface area contributed by atoms with Gasteiger partial charge in [0, 0.05) is 0 Å². The summed E-state index contributed by atoms with van der Waals surface area (Å²) in [7, 11) is 0. The molecule has 0 spiro atoms. The van der Waals surface area contributed by atoms with Crippen LogP contribution in [0.15, 0.2) is 22.7 Å². The van der Waals surface area contributed by atoms with Crippen LogP contribution in [0.4, 0.5) is 13.2 Å². The lowest BCUT2D eigenvalue weighted by molar-refractivity contribution is -0.140. The number of hydrogen-bond donors (Lipinski definition) is 1. The van der Waals surface area contributed by atoms with Crippen molar-refractivity contribution in [2.24, 2.45) is 0 Å². The number of hydrogen-bond acceptors (Lipinski definition) is 2. The summed E-state index contributed by atoms with van der Waals surface area (Å²) in [5.41, 5.74) is -0.831. The zero-order valence-corrected chi connectivity index (χ0v) is 9.30. The normalized spacial score (nSPS) is 11.2. The zero-order chi connectivity index (χ0) is 12.3. The van der Waals surface area contributed by atoms with Crippen LogP contribution in [0.1, 0.15) is 5.56 Å². The van der Waals surface area contributed by atoms with Crippen LogP contribution in [0.5, 0.6) is 5.75 Å². The first kappa shape index (κ1) is 12.8. The number of halogens is 4. The van der Waals surface area contributed by atoms with Gasteiger partial charge in [0.05, 0.1) is 10.0 Å². The number of carboxylic acid groups (broad SMARTS) is 1. The lowest BCUT2D eigenvalue weighted by Crippen LogP contribution is -2.10. The summed E-state index contributed by atoms with van der Waals surface area (Å²) in [4.78, 5) is 10.2. The fourth-order valence-corrected chi connectivity index (χ4v) is 1.43. The van der Waals surface area contributed by atoms with Gasteiger partial charge in [-0.1, -0.05) is 0 Å². The van der Waals surface area contributed by atoms with E-state index in [0.717, 1.165) is 18.2 Å². The van der Waals surface area contributed by atoms with Gasteiger partial charge in [-0.3, -0.25) is 0 Å². The standard InChI is InChI=1S/C9H6BrF3O3/c10-6-3-5(9(11,12)13)1-2-7(6)16-4-8(14)15/h1-3H,4H2,(H,14,15). The number of carboxylic acids is 1. The average Bonchev–Trinajstić information content (AvgIpc) is 2.14. The topological polar surface area (TPSA) is 46.5 Å². The highest BCUT2D eigenvalue weighted by Gasteiger charge is 2.30. The van der Waals surface area contributed by atoms with E-state index in [1.165, 1.54) is 0 Å². The maximum atomic E-state index is 12.3. The summed E-state index contributed by atoms with van der Waals surface area (Å²) in [6, 6.07) is 2.72. The molecule has 16 heavy (non-hydrogen) atoms.